The summed E-state index contributed by atoms with van der Waals surface area (Å²) in [4.78, 5) is 8.53. The first-order valence-corrected chi connectivity index (χ1v) is 7.21. The van der Waals surface area contributed by atoms with E-state index in [9.17, 15) is 0 Å². The van der Waals surface area contributed by atoms with Crippen molar-refractivity contribution in [1.82, 2.24) is 9.97 Å². The van der Waals surface area contributed by atoms with Crippen LogP contribution in [-0.2, 0) is 0 Å². The number of nitrogens with zero attached hydrogens (tertiary/aromatic N) is 2. The first-order valence-electron chi connectivity index (χ1n) is 7.21. The van der Waals surface area contributed by atoms with Gasteiger partial charge >= 0.3 is 0 Å². The topological polar surface area (TPSA) is 49.8 Å². The van der Waals surface area contributed by atoms with E-state index in [0.717, 1.165) is 18.2 Å². The van der Waals surface area contributed by atoms with Crippen LogP contribution in [0.4, 0.5) is 11.6 Å². The third-order valence-corrected chi connectivity index (χ3v) is 3.46. The molecule has 4 heteroatoms. The quantitative estimate of drug-likeness (QED) is 0.726. The van der Waals surface area contributed by atoms with E-state index in [-0.39, 0.29) is 0 Å². The van der Waals surface area contributed by atoms with Crippen LogP contribution in [0.2, 0.25) is 0 Å². The summed E-state index contributed by atoms with van der Waals surface area (Å²) < 4.78 is 0. The lowest BCUT2D eigenvalue weighted by Crippen LogP contribution is -2.16. The Bertz CT molecular complexity index is 347. The fourth-order valence-electron chi connectivity index (χ4n) is 2.40. The smallest absolute Gasteiger partial charge is 0.131 e. The Morgan fingerprint density at radius 2 is 1.94 bits per heavy atom. The van der Waals surface area contributed by atoms with Gasteiger partial charge in [-0.15, -0.1) is 0 Å². The second-order valence-electron chi connectivity index (χ2n) is 5.05. The van der Waals surface area contributed by atoms with Gasteiger partial charge in [-0.05, 0) is 19.3 Å². The zero-order valence-corrected chi connectivity index (χ0v) is 11.3. The van der Waals surface area contributed by atoms with E-state index in [0.29, 0.717) is 6.04 Å². The molecule has 0 bridgehead atoms. The van der Waals surface area contributed by atoms with Gasteiger partial charge in [-0.3, -0.25) is 0 Å². The summed E-state index contributed by atoms with van der Waals surface area (Å²) in [7, 11) is 0. The van der Waals surface area contributed by atoms with Crippen LogP contribution < -0.4 is 10.6 Å². The summed E-state index contributed by atoms with van der Waals surface area (Å²) >= 11 is 0. The Balaban J connectivity index is 1.80. The van der Waals surface area contributed by atoms with Crippen molar-refractivity contribution < 1.29 is 0 Å². The molecule has 0 radical (unpaired) electrons. The van der Waals surface area contributed by atoms with Crippen LogP contribution >= 0.6 is 0 Å². The largest absolute Gasteiger partial charge is 0.370 e. The summed E-state index contributed by atoms with van der Waals surface area (Å²) in [5, 5.41) is 6.85. The molecular formula is C14H24N4. The number of anilines is 2. The van der Waals surface area contributed by atoms with E-state index >= 15 is 0 Å². The third-order valence-electron chi connectivity index (χ3n) is 3.46. The van der Waals surface area contributed by atoms with E-state index in [1.54, 1.807) is 6.33 Å². The summed E-state index contributed by atoms with van der Waals surface area (Å²) in [5.74, 6) is 1.89. The predicted octanol–water partition coefficient (Wildman–Crippen LogP) is 3.43. The van der Waals surface area contributed by atoms with E-state index in [2.05, 4.69) is 27.5 Å². The first-order chi connectivity index (χ1) is 8.88. The Morgan fingerprint density at radius 1 is 1.17 bits per heavy atom. The monoisotopic (exact) mass is 248 g/mol. The molecule has 1 aliphatic carbocycles. The van der Waals surface area contributed by atoms with Crippen LogP contribution in [0.5, 0.6) is 0 Å². The minimum absolute atomic E-state index is 0.604. The van der Waals surface area contributed by atoms with Crippen molar-refractivity contribution in [2.75, 3.05) is 17.2 Å². The zero-order valence-electron chi connectivity index (χ0n) is 11.3. The van der Waals surface area contributed by atoms with Gasteiger partial charge in [0.15, 0.2) is 0 Å². The van der Waals surface area contributed by atoms with Crippen LogP contribution in [0, 0.1) is 0 Å². The summed E-state index contributed by atoms with van der Waals surface area (Å²) in [5.41, 5.74) is 0. The van der Waals surface area contributed by atoms with Gasteiger partial charge in [0, 0.05) is 18.7 Å². The maximum atomic E-state index is 4.29. The molecule has 0 saturated heterocycles. The SMILES string of the molecule is CCCCCNc1cc(NC2CCCC2)ncn1. The van der Waals surface area contributed by atoms with Gasteiger partial charge in [-0.1, -0.05) is 32.6 Å². The van der Waals surface area contributed by atoms with E-state index in [1.807, 2.05) is 6.07 Å². The molecule has 0 aliphatic heterocycles. The van der Waals surface area contributed by atoms with E-state index in [1.165, 1.54) is 44.9 Å². The average Bonchev–Trinajstić information content (AvgIpc) is 2.88. The van der Waals surface area contributed by atoms with Crippen molar-refractivity contribution in [2.24, 2.45) is 0 Å². The molecule has 0 spiro atoms. The molecule has 18 heavy (non-hydrogen) atoms. The summed E-state index contributed by atoms with van der Waals surface area (Å²) in [6, 6.07) is 2.62. The second kappa shape index (κ2) is 7.19. The van der Waals surface area contributed by atoms with Crippen LogP contribution in [0.25, 0.3) is 0 Å². The lowest BCUT2D eigenvalue weighted by Gasteiger charge is -2.13. The van der Waals surface area contributed by atoms with Gasteiger partial charge in [0.25, 0.3) is 0 Å². The van der Waals surface area contributed by atoms with Crippen LogP contribution in [0.15, 0.2) is 12.4 Å². The standard InChI is InChI=1S/C14H24N4/c1-2-3-6-9-15-13-10-14(17-11-16-13)18-12-7-4-5-8-12/h10-12H,2-9H2,1H3,(H2,15,16,17,18). The number of unbranched alkanes of at least 4 members (excludes halogenated alkanes) is 2. The molecule has 1 heterocycles. The average molecular weight is 248 g/mol. The zero-order chi connectivity index (χ0) is 12.6. The molecule has 0 amide bonds. The Labute approximate surface area is 110 Å². The molecule has 1 aromatic rings. The number of nitrogens with one attached hydrogen (secondary N) is 2. The summed E-state index contributed by atoms with van der Waals surface area (Å²) in [6.07, 6.45) is 10.6. The van der Waals surface area contributed by atoms with Crippen molar-refractivity contribution >= 4 is 11.6 Å². The maximum Gasteiger partial charge on any atom is 0.131 e. The molecule has 1 fully saturated rings. The molecule has 1 saturated carbocycles. The molecule has 2 rings (SSSR count). The van der Waals surface area contributed by atoms with Gasteiger partial charge in [0.05, 0.1) is 0 Å². The van der Waals surface area contributed by atoms with Gasteiger partial charge < -0.3 is 10.6 Å². The van der Waals surface area contributed by atoms with Gasteiger partial charge in [-0.2, -0.15) is 0 Å². The molecule has 1 aliphatic rings. The molecule has 4 nitrogen and oxygen atoms in total. The number of aromatic nitrogens is 2. The van der Waals surface area contributed by atoms with Crippen molar-refractivity contribution in [3.63, 3.8) is 0 Å². The highest BCUT2D eigenvalue weighted by Gasteiger charge is 2.14. The highest BCUT2D eigenvalue weighted by Crippen LogP contribution is 2.21. The maximum absolute atomic E-state index is 4.29. The van der Waals surface area contributed by atoms with Gasteiger partial charge in [0.2, 0.25) is 0 Å². The van der Waals surface area contributed by atoms with Crippen LogP contribution in [0.1, 0.15) is 51.9 Å². The van der Waals surface area contributed by atoms with E-state index in [4.69, 9.17) is 0 Å². The minimum Gasteiger partial charge on any atom is -0.370 e. The fourth-order valence-corrected chi connectivity index (χ4v) is 2.40. The normalized spacial score (nSPS) is 15.8. The number of hydrogen-bond donors (Lipinski definition) is 2. The molecular weight excluding hydrogens is 224 g/mol. The Kier molecular flexibility index (Phi) is 5.24. The van der Waals surface area contributed by atoms with Crippen molar-refractivity contribution in [3.05, 3.63) is 12.4 Å². The van der Waals surface area contributed by atoms with Crippen LogP contribution in [0.3, 0.4) is 0 Å². The molecule has 1 aromatic heterocycles. The molecule has 0 unspecified atom stereocenters. The molecule has 100 valence electrons. The first kappa shape index (κ1) is 13.1. The van der Waals surface area contributed by atoms with Gasteiger partial charge in [0.1, 0.15) is 18.0 Å². The van der Waals surface area contributed by atoms with Crippen molar-refractivity contribution in [2.45, 2.75) is 57.9 Å². The molecule has 0 aromatic carbocycles. The van der Waals surface area contributed by atoms with E-state index < -0.39 is 0 Å². The summed E-state index contributed by atoms with van der Waals surface area (Å²) in [6.45, 7) is 3.21. The lowest BCUT2D eigenvalue weighted by atomic mass is 10.2. The van der Waals surface area contributed by atoms with Crippen molar-refractivity contribution in [1.29, 1.82) is 0 Å². The minimum atomic E-state index is 0.604. The second-order valence-corrected chi connectivity index (χ2v) is 5.05. The Hall–Kier alpha value is -1.32. The lowest BCUT2D eigenvalue weighted by molar-refractivity contribution is 0.740. The highest BCUT2D eigenvalue weighted by atomic mass is 15.1. The van der Waals surface area contributed by atoms with Crippen molar-refractivity contribution in [3.8, 4) is 0 Å². The number of rotatable bonds is 7. The number of hydrogen-bond acceptors (Lipinski definition) is 4. The highest BCUT2D eigenvalue weighted by molar-refractivity contribution is 5.46. The molecule has 0 atom stereocenters. The fraction of sp³-hybridized carbons (Fsp3) is 0.714. The Morgan fingerprint density at radius 3 is 2.72 bits per heavy atom. The third kappa shape index (κ3) is 4.17. The predicted molar refractivity (Wildman–Crippen MR) is 75.9 cm³/mol. The van der Waals surface area contributed by atoms with Gasteiger partial charge in [-0.25, -0.2) is 9.97 Å². The van der Waals surface area contributed by atoms with Crippen LogP contribution in [-0.4, -0.2) is 22.6 Å². The molecule has 2 N–H and O–H groups in total.